The largest absolute Gasteiger partial charge is 0.380 e. The minimum absolute atomic E-state index is 0.0965. The van der Waals surface area contributed by atoms with Gasteiger partial charge in [0.05, 0.1) is 18.8 Å². The summed E-state index contributed by atoms with van der Waals surface area (Å²) in [6.45, 7) is 1.52. The summed E-state index contributed by atoms with van der Waals surface area (Å²) in [5.41, 5.74) is 0.642. The van der Waals surface area contributed by atoms with E-state index in [0.717, 1.165) is 6.42 Å². The summed E-state index contributed by atoms with van der Waals surface area (Å²) in [5, 5.41) is 9.47. The molecule has 7 nitrogen and oxygen atoms in total. The summed E-state index contributed by atoms with van der Waals surface area (Å²) in [6, 6.07) is -0.0965. The highest BCUT2D eigenvalue weighted by molar-refractivity contribution is 7.89. The zero-order valence-corrected chi connectivity index (χ0v) is 11.3. The van der Waals surface area contributed by atoms with Crippen LogP contribution in [0.15, 0.2) is 11.2 Å². The third-order valence-corrected chi connectivity index (χ3v) is 5.03. The van der Waals surface area contributed by atoms with E-state index >= 15 is 0 Å². The standard InChI is InChI=1S/C10H18N4O3S/c1-11-5-8-6-12-13-10(8)18(15,16)14(2)9-3-4-17-7-9/h6,9,11H,3-5,7H2,1-2H3,(H,12,13). The van der Waals surface area contributed by atoms with E-state index in [9.17, 15) is 8.42 Å². The van der Waals surface area contributed by atoms with Crippen molar-refractivity contribution in [3.8, 4) is 0 Å². The van der Waals surface area contributed by atoms with Crippen molar-refractivity contribution >= 4 is 10.0 Å². The van der Waals surface area contributed by atoms with Gasteiger partial charge in [-0.3, -0.25) is 5.10 Å². The van der Waals surface area contributed by atoms with Crippen LogP contribution in [0.4, 0.5) is 0 Å². The van der Waals surface area contributed by atoms with Crippen molar-refractivity contribution in [1.29, 1.82) is 0 Å². The molecule has 0 spiro atoms. The van der Waals surface area contributed by atoms with Crippen molar-refractivity contribution in [3.05, 3.63) is 11.8 Å². The molecule has 1 aromatic rings. The molecule has 0 radical (unpaired) electrons. The maximum absolute atomic E-state index is 12.4. The van der Waals surface area contributed by atoms with Crippen LogP contribution in [0.5, 0.6) is 0 Å². The van der Waals surface area contributed by atoms with Gasteiger partial charge in [-0.15, -0.1) is 0 Å². The molecule has 102 valence electrons. The lowest BCUT2D eigenvalue weighted by Gasteiger charge is -2.22. The first-order valence-corrected chi connectivity index (χ1v) is 7.24. The molecule has 8 heteroatoms. The number of aromatic amines is 1. The highest BCUT2D eigenvalue weighted by Gasteiger charge is 2.33. The molecule has 1 aliphatic heterocycles. The Kier molecular flexibility index (Phi) is 4.00. The average Bonchev–Trinajstić information content (AvgIpc) is 2.99. The zero-order valence-electron chi connectivity index (χ0n) is 10.5. The van der Waals surface area contributed by atoms with Gasteiger partial charge in [-0.05, 0) is 13.5 Å². The molecule has 1 saturated heterocycles. The van der Waals surface area contributed by atoms with Gasteiger partial charge in [-0.25, -0.2) is 8.42 Å². The van der Waals surface area contributed by atoms with E-state index in [2.05, 4.69) is 15.5 Å². The molecule has 2 heterocycles. The van der Waals surface area contributed by atoms with Gasteiger partial charge in [0.15, 0.2) is 5.03 Å². The lowest BCUT2D eigenvalue weighted by atomic mass is 10.3. The number of nitrogens with zero attached hydrogens (tertiary/aromatic N) is 2. The van der Waals surface area contributed by atoms with Crippen molar-refractivity contribution in [1.82, 2.24) is 19.8 Å². The summed E-state index contributed by atoms with van der Waals surface area (Å²) in [7, 11) is -0.193. The third kappa shape index (κ3) is 2.41. The lowest BCUT2D eigenvalue weighted by molar-refractivity contribution is 0.180. The Hall–Kier alpha value is -0.960. The molecule has 0 amide bonds. The first-order chi connectivity index (χ1) is 8.57. The molecule has 2 N–H and O–H groups in total. The molecule has 0 bridgehead atoms. The van der Waals surface area contributed by atoms with Gasteiger partial charge in [0.1, 0.15) is 0 Å². The molecule has 1 aromatic heterocycles. The third-order valence-electron chi connectivity index (χ3n) is 3.10. The first-order valence-electron chi connectivity index (χ1n) is 5.80. The van der Waals surface area contributed by atoms with Crippen LogP contribution < -0.4 is 5.32 Å². The van der Waals surface area contributed by atoms with E-state index in [1.54, 1.807) is 14.1 Å². The molecular weight excluding hydrogens is 256 g/mol. The van der Waals surface area contributed by atoms with E-state index in [-0.39, 0.29) is 11.1 Å². The Bertz CT molecular complexity index is 493. The van der Waals surface area contributed by atoms with Crippen LogP contribution in [0.2, 0.25) is 0 Å². The molecule has 0 saturated carbocycles. The quantitative estimate of drug-likeness (QED) is 0.758. The van der Waals surface area contributed by atoms with E-state index in [4.69, 9.17) is 4.74 Å². The fraction of sp³-hybridized carbons (Fsp3) is 0.700. The van der Waals surface area contributed by atoms with Crippen molar-refractivity contribution in [2.75, 3.05) is 27.3 Å². The Morgan fingerprint density at radius 2 is 2.44 bits per heavy atom. The van der Waals surface area contributed by atoms with E-state index < -0.39 is 10.0 Å². The monoisotopic (exact) mass is 274 g/mol. The molecule has 1 aliphatic rings. The SMILES string of the molecule is CNCc1cn[nH]c1S(=O)(=O)N(C)C1CCOC1. The summed E-state index contributed by atoms with van der Waals surface area (Å²) >= 11 is 0. The molecule has 0 aliphatic carbocycles. The minimum Gasteiger partial charge on any atom is -0.380 e. The van der Waals surface area contributed by atoms with Crippen molar-refractivity contribution in [3.63, 3.8) is 0 Å². The van der Waals surface area contributed by atoms with E-state index in [1.165, 1.54) is 10.5 Å². The van der Waals surface area contributed by atoms with Gasteiger partial charge in [0.25, 0.3) is 10.0 Å². The van der Waals surface area contributed by atoms with Crippen molar-refractivity contribution < 1.29 is 13.2 Å². The second kappa shape index (κ2) is 5.35. The van der Waals surface area contributed by atoms with Crippen LogP contribution in [0.1, 0.15) is 12.0 Å². The second-order valence-corrected chi connectivity index (χ2v) is 6.23. The van der Waals surface area contributed by atoms with Gasteiger partial charge >= 0.3 is 0 Å². The first kappa shape index (κ1) is 13.5. The Labute approximate surface area is 107 Å². The van der Waals surface area contributed by atoms with Gasteiger partial charge in [-0.2, -0.15) is 9.40 Å². The molecular formula is C10H18N4O3S. The number of H-pyrrole nitrogens is 1. The summed E-state index contributed by atoms with van der Waals surface area (Å²) in [5.74, 6) is 0. The van der Waals surface area contributed by atoms with Crippen molar-refractivity contribution in [2.24, 2.45) is 0 Å². The molecule has 0 aromatic carbocycles. The Balaban J connectivity index is 2.26. The maximum atomic E-state index is 12.4. The van der Waals surface area contributed by atoms with Crippen LogP contribution in [0.25, 0.3) is 0 Å². The number of ether oxygens (including phenoxy) is 1. The summed E-state index contributed by atoms with van der Waals surface area (Å²) < 4.78 is 31.5. The molecule has 1 atom stereocenters. The second-order valence-electron chi connectivity index (χ2n) is 4.29. The lowest BCUT2D eigenvalue weighted by Crippen LogP contribution is -2.38. The smallest absolute Gasteiger partial charge is 0.260 e. The van der Waals surface area contributed by atoms with Crippen LogP contribution in [-0.4, -0.2) is 56.3 Å². The maximum Gasteiger partial charge on any atom is 0.260 e. The molecule has 1 unspecified atom stereocenters. The summed E-state index contributed by atoms with van der Waals surface area (Å²) in [4.78, 5) is 0. The highest BCUT2D eigenvalue weighted by atomic mass is 32.2. The predicted molar refractivity (Wildman–Crippen MR) is 65.5 cm³/mol. The number of hydrogen-bond acceptors (Lipinski definition) is 5. The topological polar surface area (TPSA) is 87.3 Å². The Morgan fingerprint density at radius 3 is 3.06 bits per heavy atom. The number of aromatic nitrogens is 2. The van der Waals surface area contributed by atoms with Crippen LogP contribution in [0.3, 0.4) is 0 Å². The van der Waals surface area contributed by atoms with Crippen LogP contribution in [-0.2, 0) is 21.3 Å². The van der Waals surface area contributed by atoms with Gasteiger partial charge in [0, 0.05) is 25.8 Å². The summed E-state index contributed by atoms with van der Waals surface area (Å²) in [6.07, 6.45) is 2.26. The highest BCUT2D eigenvalue weighted by Crippen LogP contribution is 2.21. The normalized spacial score (nSPS) is 20.7. The van der Waals surface area contributed by atoms with Crippen LogP contribution >= 0.6 is 0 Å². The number of nitrogens with one attached hydrogen (secondary N) is 2. The number of rotatable bonds is 5. The van der Waals surface area contributed by atoms with E-state index in [1.807, 2.05) is 0 Å². The average molecular weight is 274 g/mol. The number of likely N-dealkylation sites (N-methyl/N-ethyl adjacent to an activating group) is 1. The molecule has 2 rings (SSSR count). The fourth-order valence-electron chi connectivity index (χ4n) is 1.99. The Morgan fingerprint density at radius 1 is 1.67 bits per heavy atom. The predicted octanol–water partition coefficient (Wildman–Crippen LogP) is -0.461. The number of hydrogen-bond donors (Lipinski definition) is 2. The fourth-order valence-corrected chi connectivity index (χ4v) is 3.46. The number of sulfonamides is 1. The van der Waals surface area contributed by atoms with Gasteiger partial charge < -0.3 is 10.1 Å². The van der Waals surface area contributed by atoms with E-state index in [0.29, 0.717) is 25.3 Å². The van der Waals surface area contributed by atoms with Crippen molar-refractivity contribution in [2.45, 2.75) is 24.0 Å². The van der Waals surface area contributed by atoms with Gasteiger partial charge in [-0.1, -0.05) is 0 Å². The van der Waals surface area contributed by atoms with Crippen LogP contribution in [0, 0.1) is 0 Å². The molecule has 18 heavy (non-hydrogen) atoms. The minimum atomic E-state index is -3.54. The zero-order chi connectivity index (χ0) is 13.2. The van der Waals surface area contributed by atoms with Gasteiger partial charge in [0.2, 0.25) is 0 Å². The molecule has 1 fully saturated rings.